The second-order valence-electron chi connectivity index (χ2n) is 5.66. The molecule has 0 radical (unpaired) electrons. The second kappa shape index (κ2) is 8.31. The molecule has 1 aromatic carbocycles. The first kappa shape index (κ1) is 17.0. The molecule has 0 amide bonds. The van der Waals surface area contributed by atoms with Crippen LogP contribution in [-0.2, 0) is 17.9 Å². The molecule has 0 spiro atoms. The molecular formula is C19H23N3OS. The van der Waals surface area contributed by atoms with E-state index in [1.165, 1.54) is 16.0 Å². The highest BCUT2D eigenvalue weighted by molar-refractivity contribution is 7.99. The quantitative estimate of drug-likeness (QED) is 0.448. The van der Waals surface area contributed by atoms with Crippen LogP contribution in [0.3, 0.4) is 0 Å². The monoisotopic (exact) mass is 341 g/mol. The van der Waals surface area contributed by atoms with E-state index in [1.54, 1.807) is 0 Å². The Balaban J connectivity index is 1.72. The van der Waals surface area contributed by atoms with Crippen LogP contribution in [0.5, 0.6) is 0 Å². The lowest BCUT2D eigenvalue weighted by Crippen LogP contribution is -2.07. The molecule has 0 N–H and O–H groups in total. The van der Waals surface area contributed by atoms with Crippen LogP contribution in [0.15, 0.2) is 47.6 Å². The molecule has 0 saturated carbocycles. The van der Waals surface area contributed by atoms with E-state index in [1.807, 2.05) is 31.1 Å². The SMILES string of the molecule is CCOCc1nc2cncc(C)c2n1CCCSc1ccccc1. The Hall–Kier alpha value is -1.85. The molecule has 2 heterocycles. The van der Waals surface area contributed by atoms with E-state index in [0.717, 1.165) is 30.1 Å². The normalized spacial score (nSPS) is 11.2. The summed E-state index contributed by atoms with van der Waals surface area (Å²) in [5, 5.41) is 0. The third kappa shape index (κ3) is 3.97. The first-order valence-corrected chi connectivity index (χ1v) is 9.33. The van der Waals surface area contributed by atoms with Crippen LogP contribution in [0, 0.1) is 6.92 Å². The number of pyridine rings is 1. The van der Waals surface area contributed by atoms with E-state index in [4.69, 9.17) is 9.72 Å². The van der Waals surface area contributed by atoms with Gasteiger partial charge in [0.1, 0.15) is 17.9 Å². The van der Waals surface area contributed by atoms with Gasteiger partial charge in [0, 0.05) is 24.2 Å². The first-order valence-electron chi connectivity index (χ1n) is 8.35. The van der Waals surface area contributed by atoms with Crippen LogP contribution in [0.25, 0.3) is 11.0 Å². The summed E-state index contributed by atoms with van der Waals surface area (Å²) in [7, 11) is 0. The minimum Gasteiger partial charge on any atom is -0.374 e. The van der Waals surface area contributed by atoms with Gasteiger partial charge in [-0.2, -0.15) is 0 Å². The number of aryl methyl sites for hydroxylation is 2. The van der Waals surface area contributed by atoms with Crippen molar-refractivity contribution in [2.45, 2.75) is 38.3 Å². The molecule has 0 atom stereocenters. The van der Waals surface area contributed by atoms with Gasteiger partial charge in [0.15, 0.2) is 0 Å². The molecule has 3 rings (SSSR count). The number of ether oxygens (including phenoxy) is 1. The lowest BCUT2D eigenvalue weighted by Gasteiger charge is -2.10. The molecule has 0 unspecified atom stereocenters. The van der Waals surface area contributed by atoms with Crippen molar-refractivity contribution in [2.24, 2.45) is 0 Å². The summed E-state index contributed by atoms with van der Waals surface area (Å²) < 4.78 is 7.90. The zero-order valence-corrected chi connectivity index (χ0v) is 15.1. The topological polar surface area (TPSA) is 39.9 Å². The average Bonchev–Trinajstić information content (AvgIpc) is 2.97. The largest absolute Gasteiger partial charge is 0.374 e. The summed E-state index contributed by atoms with van der Waals surface area (Å²) >= 11 is 1.90. The molecule has 0 aliphatic carbocycles. The maximum atomic E-state index is 5.60. The van der Waals surface area contributed by atoms with Crippen molar-refractivity contribution in [3.05, 3.63) is 54.1 Å². The molecule has 126 valence electrons. The van der Waals surface area contributed by atoms with Crippen LogP contribution in [0.4, 0.5) is 0 Å². The summed E-state index contributed by atoms with van der Waals surface area (Å²) in [6.07, 6.45) is 4.84. The third-order valence-corrected chi connectivity index (χ3v) is 4.98. The highest BCUT2D eigenvalue weighted by Crippen LogP contribution is 2.22. The van der Waals surface area contributed by atoms with Gasteiger partial charge in [-0.05, 0) is 43.7 Å². The van der Waals surface area contributed by atoms with E-state index in [0.29, 0.717) is 13.2 Å². The van der Waals surface area contributed by atoms with Gasteiger partial charge in [-0.1, -0.05) is 18.2 Å². The van der Waals surface area contributed by atoms with Gasteiger partial charge in [0.05, 0.1) is 11.7 Å². The number of aromatic nitrogens is 3. The van der Waals surface area contributed by atoms with E-state index >= 15 is 0 Å². The minimum absolute atomic E-state index is 0.552. The molecule has 0 aliphatic rings. The number of imidazole rings is 1. The fourth-order valence-electron chi connectivity index (χ4n) is 2.78. The number of benzene rings is 1. The number of hydrogen-bond donors (Lipinski definition) is 0. The zero-order chi connectivity index (χ0) is 16.8. The summed E-state index contributed by atoms with van der Waals surface area (Å²) in [4.78, 5) is 10.3. The predicted octanol–water partition coefficient (Wildman–Crippen LogP) is 4.46. The van der Waals surface area contributed by atoms with Crippen LogP contribution < -0.4 is 0 Å². The Bertz CT molecular complexity index is 786. The maximum absolute atomic E-state index is 5.60. The van der Waals surface area contributed by atoms with Crippen molar-refractivity contribution in [3.8, 4) is 0 Å². The average molecular weight is 341 g/mol. The van der Waals surface area contributed by atoms with Crippen molar-refractivity contribution >= 4 is 22.8 Å². The van der Waals surface area contributed by atoms with Crippen LogP contribution in [-0.4, -0.2) is 26.9 Å². The van der Waals surface area contributed by atoms with Crippen molar-refractivity contribution < 1.29 is 4.74 Å². The summed E-state index contributed by atoms with van der Waals surface area (Å²) in [5.41, 5.74) is 3.31. The Morgan fingerprint density at radius 2 is 2.00 bits per heavy atom. The standard InChI is InChI=1S/C19H23N3OS/c1-3-23-14-18-21-17-13-20-12-15(2)19(17)22(18)10-7-11-24-16-8-5-4-6-9-16/h4-6,8-9,12-13H,3,7,10-11,14H2,1-2H3. The molecule has 3 aromatic rings. The Morgan fingerprint density at radius 3 is 2.79 bits per heavy atom. The molecule has 4 nitrogen and oxygen atoms in total. The fourth-order valence-corrected chi connectivity index (χ4v) is 3.64. The molecule has 0 bridgehead atoms. The van der Waals surface area contributed by atoms with Crippen LogP contribution in [0.2, 0.25) is 0 Å². The van der Waals surface area contributed by atoms with Gasteiger partial charge in [-0.3, -0.25) is 4.98 Å². The molecule has 24 heavy (non-hydrogen) atoms. The molecule has 5 heteroatoms. The molecule has 2 aromatic heterocycles. The van der Waals surface area contributed by atoms with Crippen molar-refractivity contribution in [2.75, 3.05) is 12.4 Å². The van der Waals surface area contributed by atoms with E-state index < -0.39 is 0 Å². The van der Waals surface area contributed by atoms with Gasteiger partial charge < -0.3 is 9.30 Å². The van der Waals surface area contributed by atoms with E-state index in [-0.39, 0.29) is 0 Å². The number of thioether (sulfide) groups is 1. The molecule has 0 fully saturated rings. The second-order valence-corrected chi connectivity index (χ2v) is 6.82. The van der Waals surface area contributed by atoms with E-state index in [2.05, 4.69) is 46.8 Å². The van der Waals surface area contributed by atoms with Gasteiger partial charge in [0.25, 0.3) is 0 Å². The van der Waals surface area contributed by atoms with Crippen LogP contribution in [0.1, 0.15) is 24.7 Å². The maximum Gasteiger partial charge on any atom is 0.136 e. The lowest BCUT2D eigenvalue weighted by atomic mass is 10.2. The number of nitrogens with zero attached hydrogens (tertiary/aromatic N) is 3. The van der Waals surface area contributed by atoms with Gasteiger partial charge in [-0.25, -0.2) is 4.98 Å². The Morgan fingerprint density at radius 1 is 1.17 bits per heavy atom. The minimum atomic E-state index is 0.552. The van der Waals surface area contributed by atoms with Crippen molar-refractivity contribution in [3.63, 3.8) is 0 Å². The van der Waals surface area contributed by atoms with Crippen molar-refractivity contribution in [1.82, 2.24) is 14.5 Å². The fraction of sp³-hybridized carbons (Fsp3) is 0.368. The molecular weight excluding hydrogens is 318 g/mol. The summed E-state index contributed by atoms with van der Waals surface area (Å²) in [5.74, 6) is 2.08. The molecule has 0 saturated heterocycles. The Kier molecular flexibility index (Phi) is 5.88. The summed E-state index contributed by atoms with van der Waals surface area (Å²) in [6, 6.07) is 10.5. The number of fused-ring (bicyclic) bond motifs is 1. The van der Waals surface area contributed by atoms with E-state index in [9.17, 15) is 0 Å². The highest BCUT2D eigenvalue weighted by atomic mass is 32.2. The van der Waals surface area contributed by atoms with Gasteiger partial charge >= 0.3 is 0 Å². The van der Waals surface area contributed by atoms with Crippen molar-refractivity contribution in [1.29, 1.82) is 0 Å². The van der Waals surface area contributed by atoms with Gasteiger partial charge in [-0.15, -0.1) is 11.8 Å². The third-order valence-electron chi connectivity index (χ3n) is 3.89. The lowest BCUT2D eigenvalue weighted by molar-refractivity contribution is 0.126. The predicted molar refractivity (Wildman–Crippen MR) is 99.4 cm³/mol. The Labute approximate surface area is 147 Å². The van der Waals surface area contributed by atoms with Crippen LogP contribution >= 0.6 is 11.8 Å². The molecule has 0 aliphatic heterocycles. The zero-order valence-electron chi connectivity index (χ0n) is 14.2. The number of rotatable bonds is 8. The highest BCUT2D eigenvalue weighted by Gasteiger charge is 2.12. The smallest absolute Gasteiger partial charge is 0.136 e. The van der Waals surface area contributed by atoms with Gasteiger partial charge in [0.2, 0.25) is 0 Å². The first-order chi connectivity index (χ1) is 11.8. The summed E-state index contributed by atoms with van der Waals surface area (Å²) in [6.45, 7) is 6.30. The number of hydrogen-bond acceptors (Lipinski definition) is 4.